The molecule has 1 aromatic heterocycles. The molecule has 2 saturated heterocycles. The van der Waals surface area contributed by atoms with Gasteiger partial charge in [0.25, 0.3) is 0 Å². The Morgan fingerprint density at radius 3 is 2.30 bits per heavy atom. The van der Waals surface area contributed by atoms with Gasteiger partial charge in [0.1, 0.15) is 0 Å². The lowest BCUT2D eigenvalue weighted by Crippen LogP contribution is -2.49. The van der Waals surface area contributed by atoms with E-state index >= 15 is 0 Å². The molecule has 2 aliphatic rings. The monoisotopic (exact) mass is 530 g/mol. The minimum absolute atomic E-state index is 0. The second kappa shape index (κ2) is 14.0. The molecular formula is C21H39IN8. The zero-order valence-corrected chi connectivity index (χ0v) is 20.9. The molecule has 0 bridgehead atoms. The molecule has 0 unspecified atom stereocenters. The molecule has 0 aliphatic carbocycles. The molecule has 0 amide bonds. The Hall–Kier alpha value is -1.20. The van der Waals surface area contributed by atoms with E-state index < -0.39 is 0 Å². The van der Waals surface area contributed by atoms with Crippen molar-refractivity contribution in [2.45, 2.75) is 39.2 Å². The lowest BCUT2D eigenvalue weighted by atomic mass is 10.1. The first-order valence-corrected chi connectivity index (χ1v) is 11.3. The summed E-state index contributed by atoms with van der Waals surface area (Å²) in [5.74, 6) is 1.81. The average molecular weight is 531 g/mol. The third kappa shape index (κ3) is 8.14. The summed E-state index contributed by atoms with van der Waals surface area (Å²) in [4.78, 5) is 20.9. The van der Waals surface area contributed by atoms with Gasteiger partial charge in [-0.15, -0.1) is 24.0 Å². The minimum Gasteiger partial charge on any atom is -0.357 e. The van der Waals surface area contributed by atoms with Gasteiger partial charge in [-0.25, -0.2) is 9.97 Å². The normalized spacial score (nSPS) is 19.4. The number of likely N-dealkylation sites (tertiary alicyclic amines) is 1. The molecule has 9 heteroatoms. The van der Waals surface area contributed by atoms with Gasteiger partial charge in [-0.3, -0.25) is 9.89 Å². The van der Waals surface area contributed by atoms with E-state index in [1.807, 2.05) is 18.5 Å². The van der Waals surface area contributed by atoms with Gasteiger partial charge in [-0.1, -0.05) is 6.92 Å². The van der Waals surface area contributed by atoms with E-state index in [0.717, 1.165) is 57.7 Å². The van der Waals surface area contributed by atoms with Crippen molar-refractivity contribution < 1.29 is 0 Å². The smallest absolute Gasteiger partial charge is 0.225 e. The summed E-state index contributed by atoms with van der Waals surface area (Å²) < 4.78 is 0. The number of halogens is 1. The molecule has 2 aliphatic heterocycles. The second-order valence-electron chi connectivity index (χ2n) is 7.90. The fourth-order valence-corrected chi connectivity index (χ4v) is 4.06. The Bertz CT molecular complexity index is 598. The fraction of sp³-hybridized carbons (Fsp3) is 0.762. The van der Waals surface area contributed by atoms with Crippen LogP contribution in [-0.2, 0) is 0 Å². The predicted molar refractivity (Wildman–Crippen MR) is 135 cm³/mol. The summed E-state index contributed by atoms with van der Waals surface area (Å²) >= 11 is 0. The summed E-state index contributed by atoms with van der Waals surface area (Å²) in [5, 5.41) is 7.07. The molecule has 170 valence electrons. The maximum Gasteiger partial charge on any atom is 0.225 e. The molecule has 0 saturated carbocycles. The molecule has 0 radical (unpaired) electrons. The summed E-state index contributed by atoms with van der Waals surface area (Å²) in [7, 11) is 0. The maximum atomic E-state index is 4.84. The number of nitrogens with one attached hydrogen (secondary N) is 2. The van der Waals surface area contributed by atoms with Crippen LogP contribution in [-0.4, -0.2) is 97.2 Å². The molecule has 0 aromatic carbocycles. The number of nitrogens with zero attached hydrogens (tertiary/aromatic N) is 6. The zero-order chi connectivity index (χ0) is 20.3. The van der Waals surface area contributed by atoms with Crippen molar-refractivity contribution in [1.82, 2.24) is 30.4 Å². The Morgan fingerprint density at radius 1 is 1.00 bits per heavy atom. The van der Waals surface area contributed by atoms with Crippen molar-refractivity contribution in [2.24, 2.45) is 4.99 Å². The van der Waals surface area contributed by atoms with Gasteiger partial charge in [0, 0.05) is 70.8 Å². The number of piperazine rings is 1. The molecule has 8 nitrogen and oxygen atoms in total. The Labute approximate surface area is 198 Å². The molecule has 3 heterocycles. The van der Waals surface area contributed by atoms with Crippen molar-refractivity contribution >= 4 is 35.9 Å². The number of piperidine rings is 1. The highest BCUT2D eigenvalue weighted by Crippen LogP contribution is 2.11. The lowest BCUT2D eigenvalue weighted by Gasteiger charge is -2.34. The Balaban J connectivity index is 0.00000320. The van der Waals surface area contributed by atoms with Crippen molar-refractivity contribution in [1.29, 1.82) is 0 Å². The molecule has 2 N–H and O–H groups in total. The third-order valence-electron chi connectivity index (χ3n) is 5.71. The third-order valence-corrected chi connectivity index (χ3v) is 5.71. The molecule has 3 rings (SSSR count). The van der Waals surface area contributed by atoms with Gasteiger partial charge in [0.15, 0.2) is 5.96 Å². The van der Waals surface area contributed by atoms with Crippen LogP contribution in [0.1, 0.15) is 33.1 Å². The zero-order valence-electron chi connectivity index (χ0n) is 18.6. The maximum absolute atomic E-state index is 4.84. The van der Waals surface area contributed by atoms with E-state index in [1.165, 1.54) is 38.9 Å². The first-order valence-electron chi connectivity index (χ1n) is 11.3. The summed E-state index contributed by atoms with van der Waals surface area (Å²) in [6, 6.07) is 2.40. The van der Waals surface area contributed by atoms with E-state index in [9.17, 15) is 0 Å². The lowest BCUT2D eigenvalue weighted by molar-refractivity contribution is 0.206. The molecule has 2 fully saturated rings. The first-order chi connectivity index (χ1) is 14.3. The van der Waals surface area contributed by atoms with Crippen molar-refractivity contribution in [3.8, 4) is 0 Å². The van der Waals surface area contributed by atoms with E-state index in [4.69, 9.17) is 4.99 Å². The van der Waals surface area contributed by atoms with E-state index in [0.29, 0.717) is 6.04 Å². The van der Waals surface area contributed by atoms with Crippen molar-refractivity contribution in [2.75, 3.05) is 70.3 Å². The number of hydrogen-bond donors (Lipinski definition) is 2. The highest BCUT2D eigenvalue weighted by molar-refractivity contribution is 14.0. The molecule has 0 atom stereocenters. The average Bonchev–Trinajstić information content (AvgIpc) is 2.76. The SMILES string of the molecule is CCCN1CCC(NC(=NCCN2CCN(c3ncccn3)CC2)NCC)CC1.I. The minimum atomic E-state index is 0. The van der Waals surface area contributed by atoms with Crippen LogP contribution in [0.5, 0.6) is 0 Å². The van der Waals surface area contributed by atoms with Gasteiger partial charge in [-0.2, -0.15) is 0 Å². The van der Waals surface area contributed by atoms with E-state index in [1.54, 1.807) is 0 Å². The standard InChI is InChI=1S/C21H38N8.HI/c1-3-11-27-12-6-19(7-13-27)26-20(22-4-2)23-10-14-28-15-17-29(18-16-28)21-24-8-5-9-25-21;/h5,8-9,19H,3-4,6-7,10-18H2,1-2H3,(H2,22,23,26);1H. The molecule has 30 heavy (non-hydrogen) atoms. The molecule has 0 spiro atoms. The van der Waals surface area contributed by atoms with Gasteiger partial charge in [-0.05, 0) is 38.8 Å². The van der Waals surface area contributed by atoms with Crippen LogP contribution in [0.25, 0.3) is 0 Å². The topological polar surface area (TPSA) is 71.9 Å². The number of aromatic nitrogens is 2. The van der Waals surface area contributed by atoms with Crippen LogP contribution in [0, 0.1) is 0 Å². The van der Waals surface area contributed by atoms with Crippen LogP contribution in [0.15, 0.2) is 23.5 Å². The van der Waals surface area contributed by atoms with Crippen molar-refractivity contribution in [3.05, 3.63) is 18.5 Å². The largest absolute Gasteiger partial charge is 0.357 e. The summed E-state index contributed by atoms with van der Waals surface area (Å²) in [5.41, 5.74) is 0. The quantitative estimate of drug-likeness (QED) is 0.301. The van der Waals surface area contributed by atoms with Gasteiger partial charge < -0.3 is 20.4 Å². The van der Waals surface area contributed by atoms with Crippen LogP contribution in [0.3, 0.4) is 0 Å². The Morgan fingerprint density at radius 2 is 1.67 bits per heavy atom. The van der Waals surface area contributed by atoms with Crippen LogP contribution < -0.4 is 15.5 Å². The summed E-state index contributed by atoms with van der Waals surface area (Å²) in [6.07, 6.45) is 7.27. The Kier molecular flexibility index (Phi) is 11.7. The second-order valence-corrected chi connectivity index (χ2v) is 7.90. The number of rotatable bonds is 8. The van der Waals surface area contributed by atoms with Gasteiger partial charge in [0.2, 0.25) is 5.95 Å². The molecular weight excluding hydrogens is 491 g/mol. The van der Waals surface area contributed by atoms with Gasteiger partial charge in [0.05, 0.1) is 6.54 Å². The highest BCUT2D eigenvalue weighted by Gasteiger charge is 2.20. The van der Waals surface area contributed by atoms with Crippen LogP contribution in [0.2, 0.25) is 0 Å². The van der Waals surface area contributed by atoms with Crippen LogP contribution in [0.4, 0.5) is 5.95 Å². The predicted octanol–water partition coefficient (Wildman–Crippen LogP) is 1.65. The summed E-state index contributed by atoms with van der Waals surface area (Å²) in [6.45, 7) is 14.7. The number of aliphatic imine (C=N–C) groups is 1. The highest BCUT2D eigenvalue weighted by atomic mass is 127. The van der Waals surface area contributed by atoms with Crippen molar-refractivity contribution in [3.63, 3.8) is 0 Å². The first kappa shape index (κ1) is 25.1. The van der Waals surface area contributed by atoms with E-state index in [-0.39, 0.29) is 24.0 Å². The number of hydrogen-bond acceptors (Lipinski definition) is 6. The molecule has 1 aromatic rings. The number of anilines is 1. The van der Waals surface area contributed by atoms with Gasteiger partial charge >= 0.3 is 0 Å². The number of guanidine groups is 1. The van der Waals surface area contributed by atoms with E-state index in [2.05, 4.69) is 49.1 Å². The van der Waals surface area contributed by atoms with Crippen LogP contribution >= 0.6 is 24.0 Å². The fourth-order valence-electron chi connectivity index (χ4n) is 4.06.